The van der Waals surface area contributed by atoms with E-state index in [1.165, 1.54) is 0 Å². The van der Waals surface area contributed by atoms with Crippen molar-refractivity contribution in [2.75, 3.05) is 26.7 Å². The summed E-state index contributed by atoms with van der Waals surface area (Å²) in [4.78, 5) is 4.54. The molecule has 2 rings (SSSR count). The average molecular weight is 300 g/mol. The van der Waals surface area contributed by atoms with Gasteiger partial charge in [-0.05, 0) is 45.4 Å². The minimum atomic E-state index is 0. The van der Waals surface area contributed by atoms with Crippen LogP contribution in [0.15, 0.2) is 10.7 Å². The van der Waals surface area contributed by atoms with Crippen LogP contribution in [-0.4, -0.2) is 31.7 Å². The smallest absolute Gasteiger partial charge is 0.197 e. The Balaban J connectivity index is 0. The van der Waals surface area contributed by atoms with Gasteiger partial charge in [-0.3, -0.25) is 0 Å². The maximum Gasteiger partial charge on any atom is 0.197 e. The molecule has 5 nitrogen and oxygen atoms in total. The van der Waals surface area contributed by atoms with Gasteiger partial charge < -0.3 is 21.2 Å². The molecule has 1 saturated heterocycles. The molecule has 0 amide bonds. The van der Waals surface area contributed by atoms with Crippen LogP contribution in [0, 0.1) is 0 Å². The molecule has 21 heavy (non-hydrogen) atoms. The highest BCUT2D eigenvalue weighted by Crippen LogP contribution is 2.25. The predicted molar refractivity (Wildman–Crippen MR) is 91.4 cm³/mol. The van der Waals surface area contributed by atoms with E-state index in [-0.39, 0.29) is 6.15 Å². The molecule has 0 aliphatic carbocycles. The van der Waals surface area contributed by atoms with Gasteiger partial charge in [-0.15, -0.1) is 0 Å². The summed E-state index contributed by atoms with van der Waals surface area (Å²) in [5.41, 5.74) is 1.08. The van der Waals surface area contributed by atoms with Gasteiger partial charge in [-0.1, -0.05) is 34.6 Å². The van der Waals surface area contributed by atoms with Gasteiger partial charge in [0.1, 0.15) is 6.26 Å². The number of aromatic nitrogens is 1. The summed E-state index contributed by atoms with van der Waals surface area (Å²) < 4.78 is 5.53. The van der Waals surface area contributed by atoms with Crippen LogP contribution in [0.4, 0.5) is 0 Å². The standard InChI is InChI=1S/C11H18N2O.C3H9N.C2H6.H3N/c1-8(2)10-7-14-11(13-10)9-3-5-12-6-4-9;1-3-4-2;1-2;/h7-9,12H,3-6H2,1-2H3;4H,3H2,1-2H3;1-2H3;1H3. The van der Waals surface area contributed by atoms with Crippen LogP contribution in [0.5, 0.6) is 0 Å². The lowest BCUT2D eigenvalue weighted by Gasteiger charge is -2.19. The Hall–Kier alpha value is -0.910. The van der Waals surface area contributed by atoms with E-state index in [0.717, 1.165) is 44.1 Å². The summed E-state index contributed by atoms with van der Waals surface area (Å²) in [7, 11) is 1.93. The van der Waals surface area contributed by atoms with Gasteiger partial charge >= 0.3 is 0 Å². The van der Waals surface area contributed by atoms with E-state index in [9.17, 15) is 0 Å². The minimum absolute atomic E-state index is 0. The molecule has 1 aliphatic rings. The highest BCUT2D eigenvalue weighted by molar-refractivity contribution is 5.05. The minimum Gasteiger partial charge on any atom is -0.448 e. The molecule has 5 N–H and O–H groups in total. The maximum absolute atomic E-state index is 5.53. The van der Waals surface area contributed by atoms with Gasteiger partial charge in [-0.25, -0.2) is 4.98 Å². The van der Waals surface area contributed by atoms with E-state index >= 15 is 0 Å². The molecule has 1 fully saturated rings. The monoisotopic (exact) mass is 300 g/mol. The van der Waals surface area contributed by atoms with Crippen LogP contribution in [0.1, 0.15) is 70.9 Å². The number of nitrogens with zero attached hydrogens (tertiary/aromatic N) is 1. The molecule has 0 saturated carbocycles. The molecule has 0 atom stereocenters. The molecule has 0 aromatic carbocycles. The molecule has 126 valence electrons. The number of oxazole rings is 1. The second kappa shape index (κ2) is 14.0. The zero-order valence-corrected chi connectivity index (χ0v) is 14.8. The van der Waals surface area contributed by atoms with Crippen molar-refractivity contribution in [2.45, 2.75) is 59.3 Å². The maximum atomic E-state index is 5.53. The molecule has 1 aromatic heterocycles. The number of hydrogen-bond donors (Lipinski definition) is 3. The zero-order valence-electron chi connectivity index (χ0n) is 14.8. The summed E-state index contributed by atoms with van der Waals surface area (Å²) in [6.07, 6.45) is 4.11. The second-order valence-corrected chi connectivity index (χ2v) is 5.00. The summed E-state index contributed by atoms with van der Waals surface area (Å²) in [5.74, 6) is 1.94. The van der Waals surface area contributed by atoms with Crippen molar-refractivity contribution in [3.63, 3.8) is 0 Å². The quantitative estimate of drug-likeness (QED) is 0.793. The van der Waals surface area contributed by atoms with Gasteiger partial charge in [0.25, 0.3) is 0 Å². The molecule has 0 bridgehead atoms. The number of rotatable bonds is 3. The Labute approximate surface area is 130 Å². The highest BCUT2D eigenvalue weighted by atomic mass is 16.3. The summed E-state index contributed by atoms with van der Waals surface area (Å²) in [6.45, 7) is 13.6. The average Bonchev–Trinajstić information content (AvgIpc) is 3.01. The largest absolute Gasteiger partial charge is 0.448 e. The van der Waals surface area contributed by atoms with Crippen molar-refractivity contribution in [3.8, 4) is 0 Å². The van der Waals surface area contributed by atoms with Gasteiger partial charge in [0.05, 0.1) is 5.69 Å². The van der Waals surface area contributed by atoms with E-state index < -0.39 is 0 Å². The lowest BCUT2D eigenvalue weighted by Crippen LogP contribution is -2.26. The normalized spacial score (nSPS) is 14.4. The Morgan fingerprint density at radius 1 is 1.33 bits per heavy atom. The Morgan fingerprint density at radius 2 is 1.86 bits per heavy atom. The van der Waals surface area contributed by atoms with Crippen LogP contribution in [0.2, 0.25) is 0 Å². The zero-order chi connectivity index (χ0) is 15.4. The molecule has 1 aliphatic heterocycles. The third-order valence-electron chi connectivity index (χ3n) is 3.17. The van der Waals surface area contributed by atoms with Crippen LogP contribution in [0.3, 0.4) is 0 Å². The molecular formula is C16H36N4O. The summed E-state index contributed by atoms with van der Waals surface area (Å²) in [5, 5.41) is 6.28. The summed E-state index contributed by atoms with van der Waals surface area (Å²) in [6, 6.07) is 0. The van der Waals surface area contributed by atoms with Gasteiger partial charge in [0.2, 0.25) is 0 Å². The van der Waals surface area contributed by atoms with E-state index in [1.807, 2.05) is 27.2 Å². The first kappa shape index (κ1) is 22.4. The van der Waals surface area contributed by atoms with Crippen molar-refractivity contribution in [2.24, 2.45) is 0 Å². The Bertz CT molecular complexity index is 318. The van der Waals surface area contributed by atoms with Gasteiger partial charge in [-0.2, -0.15) is 0 Å². The lowest BCUT2D eigenvalue weighted by atomic mass is 9.98. The fourth-order valence-corrected chi connectivity index (χ4v) is 1.82. The third-order valence-corrected chi connectivity index (χ3v) is 3.17. The molecule has 5 heteroatoms. The molecule has 0 spiro atoms. The van der Waals surface area contributed by atoms with Crippen molar-refractivity contribution in [3.05, 3.63) is 17.8 Å². The van der Waals surface area contributed by atoms with Crippen LogP contribution >= 0.6 is 0 Å². The topological polar surface area (TPSA) is 85.1 Å². The summed E-state index contributed by atoms with van der Waals surface area (Å²) >= 11 is 0. The van der Waals surface area contributed by atoms with Gasteiger partial charge in [0, 0.05) is 5.92 Å². The first-order chi connectivity index (χ1) is 9.69. The molecule has 0 unspecified atom stereocenters. The van der Waals surface area contributed by atoms with Crippen molar-refractivity contribution >= 4 is 0 Å². The predicted octanol–water partition coefficient (Wildman–Crippen LogP) is 3.68. The Morgan fingerprint density at radius 3 is 2.24 bits per heavy atom. The number of piperidine rings is 1. The first-order valence-electron chi connectivity index (χ1n) is 7.99. The van der Waals surface area contributed by atoms with E-state index in [4.69, 9.17) is 4.42 Å². The van der Waals surface area contributed by atoms with E-state index in [1.54, 1.807) is 0 Å². The van der Waals surface area contributed by atoms with Crippen LogP contribution < -0.4 is 16.8 Å². The molecule has 0 radical (unpaired) electrons. The van der Waals surface area contributed by atoms with Crippen LogP contribution in [0.25, 0.3) is 0 Å². The molecule has 1 aromatic rings. The second-order valence-electron chi connectivity index (χ2n) is 5.00. The lowest BCUT2D eigenvalue weighted by molar-refractivity contribution is 0.374. The van der Waals surface area contributed by atoms with Crippen molar-refractivity contribution in [1.82, 2.24) is 21.8 Å². The highest BCUT2D eigenvalue weighted by Gasteiger charge is 2.20. The fourth-order valence-electron chi connectivity index (χ4n) is 1.82. The van der Waals surface area contributed by atoms with Gasteiger partial charge in [0.15, 0.2) is 5.89 Å². The first-order valence-corrected chi connectivity index (χ1v) is 7.99. The van der Waals surface area contributed by atoms with Crippen molar-refractivity contribution in [1.29, 1.82) is 0 Å². The SMILES string of the molecule is CC.CC(C)c1coc(C2CCNCC2)n1.CCNC.N. The van der Waals surface area contributed by atoms with Crippen molar-refractivity contribution < 1.29 is 4.42 Å². The third kappa shape index (κ3) is 8.86. The molecule has 2 heterocycles. The fraction of sp³-hybridized carbons (Fsp3) is 0.812. The van der Waals surface area contributed by atoms with Crippen LogP contribution in [-0.2, 0) is 0 Å². The van der Waals surface area contributed by atoms with E-state index in [2.05, 4.69) is 36.4 Å². The number of hydrogen-bond acceptors (Lipinski definition) is 5. The number of nitrogens with one attached hydrogen (secondary N) is 2. The Kier molecular flexibility index (Phi) is 15.0. The van der Waals surface area contributed by atoms with E-state index in [0.29, 0.717) is 11.8 Å². The molecular weight excluding hydrogens is 264 g/mol.